The largest absolute Gasteiger partial charge is 0.494 e. The molecule has 0 radical (unpaired) electrons. The predicted molar refractivity (Wildman–Crippen MR) is 107 cm³/mol. The van der Waals surface area contributed by atoms with Crippen LogP contribution < -0.4 is 10.2 Å². The van der Waals surface area contributed by atoms with Crippen molar-refractivity contribution in [3.63, 3.8) is 0 Å². The summed E-state index contributed by atoms with van der Waals surface area (Å²) in [6.07, 6.45) is 3.84. The lowest BCUT2D eigenvalue weighted by Gasteiger charge is -2.11. The number of hydrazone groups is 1. The zero-order valence-electron chi connectivity index (χ0n) is 16.3. The first-order valence-corrected chi connectivity index (χ1v) is 9.07. The van der Waals surface area contributed by atoms with Crippen molar-refractivity contribution in [3.05, 3.63) is 63.7 Å². The van der Waals surface area contributed by atoms with Gasteiger partial charge in [-0.05, 0) is 80.6 Å². The van der Waals surface area contributed by atoms with Gasteiger partial charge in [0.15, 0.2) is 0 Å². The van der Waals surface area contributed by atoms with Gasteiger partial charge in [0.2, 0.25) is 0 Å². The number of nitrogens with one attached hydrogen (secondary N) is 1. The van der Waals surface area contributed by atoms with Crippen LogP contribution in [-0.4, -0.2) is 18.7 Å². The Labute approximate surface area is 156 Å². The number of hydrogen-bond donors (Lipinski definition) is 1. The number of amides is 1. The summed E-state index contributed by atoms with van der Waals surface area (Å²) >= 11 is 0. The standard InChI is InChI=1S/C22H28N2O2/c1-6-7-12-26-20-10-8-19(9-11-20)22(25)24-23-14-21-17(4)15(2)13-16(3)18(21)5/h8-11,13-14H,6-7,12H2,1-5H3,(H,24,25). The molecule has 1 amide bonds. The van der Waals surface area contributed by atoms with Crippen LogP contribution in [0.25, 0.3) is 0 Å². The second-order valence-electron chi connectivity index (χ2n) is 6.60. The van der Waals surface area contributed by atoms with E-state index >= 15 is 0 Å². The van der Waals surface area contributed by atoms with Crippen molar-refractivity contribution >= 4 is 12.1 Å². The van der Waals surface area contributed by atoms with Crippen LogP contribution in [0, 0.1) is 27.7 Å². The smallest absolute Gasteiger partial charge is 0.271 e. The highest BCUT2D eigenvalue weighted by molar-refractivity contribution is 5.95. The molecule has 2 rings (SSSR count). The summed E-state index contributed by atoms with van der Waals surface area (Å²) in [4.78, 5) is 12.2. The van der Waals surface area contributed by atoms with Gasteiger partial charge in [-0.3, -0.25) is 4.79 Å². The summed E-state index contributed by atoms with van der Waals surface area (Å²) in [6, 6.07) is 9.29. The number of ether oxygens (including phenoxy) is 1. The first-order valence-electron chi connectivity index (χ1n) is 9.07. The molecule has 0 bridgehead atoms. The summed E-state index contributed by atoms with van der Waals surface area (Å²) in [7, 11) is 0. The fraction of sp³-hybridized carbons (Fsp3) is 0.364. The van der Waals surface area contributed by atoms with Gasteiger partial charge in [-0.15, -0.1) is 0 Å². The number of nitrogens with zero attached hydrogens (tertiary/aromatic N) is 1. The first-order chi connectivity index (χ1) is 12.4. The van der Waals surface area contributed by atoms with Crippen molar-refractivity contribution in [2.45, 2.75) is 47.5 Å². The topological polar surface area (TPSA) is 50.7 Å². The van der Waals surface area contributed by atoms with Gasteiger partial charge in [-0.2, -0.15) is 5.10 Å². The van der Waals surface area contributed by atoms with Crippen LogP contribution in [0.1, 0.15) is 57.9 Å². The molecule has 0 aliphatic rings. The Morgan fingerprint density at radius 1 is 1.08 bits per heavy atom. The van der Waals surface area contributed by atoms with Crippen molar-refractivity contribution in [1.29, 1.82) is 0 Å². The Kier molecular flexibility index (Phi) is 6.96. The SMILES string of the molecule is CCCCOc1ccc(C(=O)NN=Cc2c(C)c(C)cc(C)c2C)cc1. The van der Waals surface area contributed by atoms with Crippen LogP contribution >= 0.6 is 0 Å². The maximum absolute atomic E-state index is 12.2. The molecule has 138 valence electrons. The van der Waals surface area contributed by atoms with Gasteiger partial charge in [0.1, 0.15) is 5.75 Å². The fourth-order valence-corrected chi connectivity index (χ4v) is 2.70. The molecule has 0 fully saturated rings. The van der Waals surface area contributed by atoms with Gasteiger partial charge >= 0.3 is 0 Å². The van der Waals surface area contributed by atoms with E-state index in [-0.39, 0.29) is 5.91 Å². The molecule has 0 saturated heterocycles. The normalized spacial score (nSPS) is 11.0. The van der Waals surface area contributed by atoms with Gasteiger partial charge in [-0.25, -0.2) is 5.43 Å². The Hall–Kier alpha value is -2.62. The monoisotopic (exact) mass is 352 g/mol. The number of hydrogen-bond acceptors (Lipinski definition) is 3. The number of aryl methyl sites for hydroxylation is 2. The molecular weight excluding hydrogens is 324 g/mol. The lowest BCUT2D eigenvalue weighted by Crippen LogP contribution is -2.17. The Morgan fingerprint density at radius 3 is 2.27 bits per heavy atom. The average molecular weight is 352 g/mol. The van der Waals surface area contributed by atoms with Crippen LogP contribution in [0.3, 0.4) is 0 Å². The molecule has 0 spiro atoms. The maximum Gasteiger partial charge on any atom is 0.271 e. The number of carbonyl (C=O) groups is 1. The van der Waals surface area contributed by atoms with E-state index < -0.39 is 0 Å². The molecule has 0 aliphatic heterocycles. The third kappa shape index (κ3) is 4.94. The van der Waals surface area contributed by atoms with Crippen LogP contribution in [-0.2, 0) is 0 Å². The van der Waals surface area contributed by atoms with E-state index in [0.717, 1.165) is 24.2 Å². The molecule has 4 heteroatoms. The zero-order valence-corrected chi connectivity index (χ0v) is 16.3. The third-order valence-electron chi connectivity index (χ3n) is 4.67. The van der Waals surface area contributed by atoms with Gasteiger partial charge in [0.25, 0.3) is 5.91 Å². The number of unbranched alkanes of at least 4 members (excludes halogenated alkanes) is 1. The number of benzene rings is 2. The van der Waals surface area contributed by atoms with Gasteiger partial charge < -0.3 is 4.74 Å². The van der Waals surface area contributed by atoms with Crippen LogP contribution in [0.15, 0.2) is 35.4 Å². The summed E-state index contributed by atoms with van der Waals surface area (Å²) in [5.74, 6) is 0.543. The minimum absolute atomic E-state index is 0.235. The highest BCUT2D eigenvalue weighted by Crippen LogP contribution is 2.20. The predicted octanol–water partition coefficient (Wildman–Crippen LogP) is 4.86. The minimum Gasteiger partial charge on any atom is -0.494 e. The van der Waals surface area contributed by atoms with Crippen LogP contribution in [0.5, 0.6) is 5.75 Å². The summed E-state index contributed by atoms with van der Waals surface area (Å²) in [5, 5.41) is 4.15. The average Bonchev–Trinajstić information content (AvgIpc) is 2.63. The van der Waals surface area contributed by atoms with Crippen molar-refractivity contribution in [2.24, 2.45) is 5.10 Å². The summed E-state index contributed by atoms with van der Waals surface area (Å²) < 4.78 is 5.61. The quantitative estimate of drug-likeness (QED) is 0.439. The van der Waals surface area contributed by atoms with Crippen LogP contribution in [0.4, 0.5) is 0 Å². The molecule has 0 aromatic heterocycles. The number of rotatable bonds is 7. The van der Waals surface area contributed by atoms with Gasteiger partial charge in [0.05, 0.1) is 12.8 Å². The molecule has 0 unspecified atom stereocenters. The zero-order chi connectivity index (χ0) is 19.1. The highest BCUT2D eigenvalue weighted by Gasteiger charge is 2.07. The minimum atomic E-state index is -0.235. The lowest BCUT2D eigenvalue weighted by molar-refractivity contribution is 0.0955. The van der Waals surface area contributed by atoms with E-state index in [2.05, 4.69) is 51.2 Å². The molecule has 4 nitrogen and oxygen atoms in total. The molecular formula is C22H28N2O2. The molecule has 0 saturated carbocycles. The van der Waals surface area contributed by atoms with Crippen molar-refractivity contribution in [1.82, 2.24) is 5.43 Å². The first kappa shape index (κ1) is 19.7. The number of carbonyl (C=O) groups excluding carboxylic acids is 1. The van der Waals surface area contributed by atoms with Crippen molar-refractivity contribution in [3.8, 4) is 5.75 Å². The van der Waals surface area contributed by atoms with Crippen molar-refractivity contribution < 1.29 is 9.53 Å². The molecule has 26 heavy (non-hydrogen) atoms. The van der Waals surface area contributed by atoms with E-state index in [1.54, 1.807) is 18.3 Å². The second kappa shape index (κ2) is 9.18. The van der Waals surface area contributed by atoms with Gasteiger partial charge in [0, 0.05) is 11.1 Å². The molecule has 0 atom stereocenters. The molecule has 0 heterocycles. The molecule has 2 aromatic rings. The van der Waals surface area contributed by atoms with E-state index in [0.29, 0.717) is 12.2 Å². The Balaban J connectivity index is 2.02. The molecule has 1 N–H and O–H groups in total. The highest BCUT2D eigenvalue weighted by atomic mass is 16.5. The van der Waals surface area contributed by atoms with Crippen molar-refractivity contribution in [2.75, 3.05) is 6.61 Å². The van der Waals surface area contributed by atoms with E-state index in [1.807, 2.05) is 12.1 Å². The van der Waals surface area contributed by atoms with Gasteiger partial charge in [-0.1, -0.05) is 19.4 Å². The maximum atomic E-state index is 12.2. The fourth-order valence-electron chi connectivity index (χ4n) is 2.70. The van der Waals surface area contributed by atoms with E-state index in [1.165, 1.54) is 22.3 Å². The van der Waals surface area contributed by atoms with Crippen LogP contribution in [0.2, 0.25) is 0 Å². The van der Waals surface area contributed by atoms with E-state index in [9.17, 15) is 4.79 Å². The summed E-state index contributed by atoms with van der Waals surface area (Å²) in [5.41, 5.74) is 9.02. The lowest BCUT2D eigenvalue weighted by atomic mass is 9.95. The third-order valence-corrected chi connectivity index (χ3v) is 4.67. The molecule has 0 aliphatic carbocycles. The Bertz CT molecular complexity index is 767. The molecule has 2 aromatic carbocycles. The van der Waals surface area contributed by atoms with E-state index in [4.69, 9.17) is 4.74 Å². The summed E-state index contributed by atoms with van der Waals surface area (Å²) in [6.45, 7) is 11.1. The second-order valence-corrected chi connectivity index (χ2v) is 6.60. The Morgan fingerprint density at radius 2 is 1.69 bits per heavy atom.